The van der Waals surface area contributed by atoms with Gasteiger partial charge in [-0.05, 0) is 44.7 Å². The Balaban J connectivity index is 1.50. The van der Waals surface area contributed by atoms with E-state index in [1.165, 1.54) is 0 Å². The van der Waals surface area contributed by atoms with Crippen LogP contribution in [0.2, 0.25) is 0 Å². The fourth-order valence-electron chi connectivity index (χ4n) is 5.56. The first kappa shape index (κ1) is 19.0. The number of para-hydroxylation sites is 1. The van der Waals surface area contributed by atoms with Gasteiger partial charge in [0.05, 0.1) is 11.1 Å². The molecule has 2 bridgehead atoms. The summed E-state index contributed by atoms with van der Waals surface area (Å²) < 4.78 is 35.3. The van der Waals surface area contributed by atoms with Gasteiger partial charge in [0.1, 0.15) is 11.0 Å². The number of amides is 1. The average Bonchev–Trinajstić information content (AvgIpc) is 2.99. The first-order valence-electron chi connectivity index (χ1n) is 10.1. The highest BCUT2D eigenvalue weighted by atomic mass is 32.2. The second-order valence-corrected chi connectivity index (χ2v) is 10.4. The summed E-state index contributed by atoms with van der Waals surface area (Å²) in [7, 11) is -1.88. The molecule has 4 heterocycles. The monoisotopic (exact) mass is 415 g/mol. The standard InChI is InChI=1S/C21H25N3O4S/c1-14-20(25)23(2)13-21(28-14)11-16-8-9-17(12-21)24(16)29(26,27)18-7-3-5-15-6-4-10-22-19(15)18/h3-7,10,14,16-17H,8-9,11-13H2,1-2H3. The van der Waals surface area contributed by atoms with E-state index in [1.807, 2.05) is 18.2 Å². The fraction of sp³-hybridized carbons (Fsp3) is 0.524. The summed E-state index contributed by atoms with van der Waals surface area (Å²) in [5, 5.41) is 0.818. The minimum atomic E-state index is -3.68. The van der Waals surface area contributed by atoms with Crippen molar-refractivity contribution in [2.24, 2.45) is 0 Å². The number of likely N-dealkylation sites (N-methyl/N-ethyl adjacent to an activating group) is 1. The first-order valence-corrected chi connectivity index (χ1v) is 11.5. The molecule has 1 aromatic carbocycles. The number of fused-ring (bicyclic) bond motifs is 3. The molecule has 1 aromatic heterocycles. The number of benzene rings is 1. The van der Waals surface area contributed by atoms with E-state index in [4.69, 9.17) is 4.74 Å². The molecule has 0 saturated carbocycles. The Morgan fingerprint density at radius 2 is 1.83 bits per heavy atom. The van der Waals surface area contributed by atoms with Crippen LogP contribution in [0.15, 0.2) is 41.4 Å². The lowest BCUT2D eigenvalue weighted by atomic mass is 9.85. The number of nitrogens with zero attached hydrogens (tertiary/aromatic N) is 3. The van der Waals surface area contributed by atoms with Crippen molar-refractivity contribution in [2.75, 3.05) is 13.6 Å². The van der Waals surface area contributed by atoms with E-state index in [-0.39, 0.29) is 22.9 Å². The minimum absolute atomic E-state index is 0.0140. The van der Waals surface area contributed by atoms with Crippen LogP contribution in [0, 0.1) is 0 Å². The van der Waals surface area contributed by atoms with Crippen molar-refractivity contribution in [1.29, 1.82) is 0 Å². The van der Waals surface area contributed by atoms with Crippen LogP contribution in [0.5, 0.6) is 0 Å². The van der Waals surface area contributed by atoms with Crippen molar-refractivity contribution < 1.29 is 17.9 Å². The molecule has 0 radical (unpaired) electrons. The van der Waals surface area contributed by atoms with E-state index in [9.17, 15) is 13.2 Å². The number of rotatable bonds is 2. The number of piperidine rings is 1. The Morgan fingerprint density at radius 1 is 1.14 bits per heavy atom. The first-order chi connectivity index (χ1) is 13.8. The lowest BCUT2D eigenvalue weighted by molar-refractivity contribution is -0.189. The van der Waals surface area contributed by atoms with E-state index in [2.05, 4.69) is 4.98 Å². The number of aromatic nitrogens is 1. The van der Waals surface area contributed by atoms with Crippen molar-refractivity contribution in [3.8, 4) is 0 Å². The summed E-state index contributed by atoms with van der Waals surface area (Å²) in [5.41, 5.74) is 0.0549. The van der Waals surface area contributed by atoms with Crippen LogP contribution in [-0.2, 0) is 19.6 Å². The molecule has 2 aromatic rings. The van der Waals surface area contributed by atoms with Gasteiger partial charge in [0, 0.05) is 37.3 Å². The normalized spacial score (nSPS) is 33.0. The molecular weight excluding hydrogens is 390 g/mol. The second-order valence-electron chi connectivity index (χ2n) is 8.60. The zero-order valence-corrected chi connectivity index (χ0v) is 17.4. The summed E-state index contributed by atoms with van der Waals surface area (Å²) in [6.07, 6.45) is 4.01. The van der Waals surface area contributed by atoms with Crippen molar-refractivity contribution in [2.45, 2.75) is 61.3 Å². The molecular formula is C21H25N3O4S. The number of ether oxygens (including phenoxy) is 1. The third kappa shape index (κ3) is 2.88. The SMILES string of the molecule is CC1OC2(CC3CCC(C2)N3S(=O)(=O)c2cccc3cccnc23)CN(C)C1=O. The molecule has 7 nitrogen and oxygen atoms in total. The smallest absolute Gasteiger partial charge is 0.251 e. The van der Waals surface area contributed by atoms with E-state index < -0.39 is 21.7 Å². The van der Waals surface area contributed by atoms with Crippen molar-refractivity contribution in [3.05, 3.63) is 36.5 Å². The van der Waals surface area contributed by atoms with Crippen LogP contribution in [0.3, 0.4) is 0 Å². The van der Waals surface area contributed by atoms with Crippen molar-refractivity contribution >= 4 is 26.8 Å². The molecule has 0 N–H and O–H groups in total. The highest BCUT2D eigenvalue weighted by Crippen LogP contribution is 2.47. The predicted octanol–water partition coefficient (Wildman–Crippen LogP) is 2.17. The topological polar surface area (TPSA) is 79.8 Å². The lowest BCUT2D eigenvalue weighted by Crippen LogP contribution is -2.63. The summed E-state index contributed by atoms with van der Waals surface area (Å²) in [6.45, 7) is 2.30. The Kier molecular flexibility index (Phi) is 4.24. The van der Waals surface area contributed by atoms with Gasteiger partial charge in [0.25, 0.3) is 5.91 Å². The van der Waals surface area contributed by atoms with Gasteiger partial charge in [0.15, 0.2) is 0 Å². The second kappa shape index (κ2) is 6.48. The van der Waals surface area contributed by atoms with Crippen molar-refractivity contribution in [1.82, 2.24) is 14.2 Å². The number of hydrogen-bond acceptors (Lipinski definition) is 5. The molecule has 3 aliphatic rings. The van der Waals surface area contributed by atoms with E-state index in [1.54, 1.807) is 41.5 Å². The zero-order chi connectivity index (χ0) is 20.4. The Labute approximate surface area is 170 Å². The number of carbonyl (C=O) groups excluding carboxylic acids is 1. The molecule has 3 atom stereocenters. The Bertz CT molecular complexity index is 1050. The zero-order valence-electron chi connectivity index (χ0n) is 16.6. The molecule has 154 valence electrons. The third-order valence-corrected chi connectivity index (χ3v) is 8.63. The molecule has 3 aliphatic heterocycles. The highest BCUT2D eigenvalue weighted by Gasteiger charge is 2.56. The number of carbonyl (C=O) groups is 1. The van der Waals surface area contributed by atoms with Gasteiger partial charge in [-0.25, -0.2) is 8.42 Å². The van der Waals surface area contributed by atoms with Crippen molar-refractivity contribution in [3.63, 3.8) is 0 Å². The molecule has 5 rings (SSSR count). The minimum Gasteiger partial charge on any atom is -0.360 e. The molecule has 8 heteroatoms. The van der Waals surface area contributed by atoms with E-state index in [0.717, 1.165) is 18.2 Å². The highest BCUT2D eigenvalue weighted by molar-refractivity contribution is 7.89. The summed E-state index contributed by atoms with van der Waals surface area (Å²) >= 11 is 0. The molecule has 1 amide bonds. The van der Waals surface area contributed by atoms with Gasteiger partial charge >= 0.3 is 0 Å². The largest absolute Gasteiger partial charge is 0.360 e. The number of pyridine rings is 1. The Hall–Kier alpha value is -2.03. The van der Waals surface area contributed by atoms with Gasteiger partial charge in [-0.2, -0.15) is 4.31 Å². The van der Waals surface area contributed by atoms with Crippen LogP contribution in [0.25, 0.3) is 10.9 Å². The van der Waals surface area contributed by atoms with Crippen LogP contribution in [0.4, 0.5) is 0 Å². The maximum atomic E-state index is 13.7. The molecule has 3 fully saturated rings. The number of sulfonamides is 1. The van der Waals surface area contributed by atoms with Gasteiger partial charge in [-0.15, -0.1) is 0 Å². The molecule has 29 heavy (non-hydrogen) atoms. The number of hydrogen-bond donors (Lipinski definition) is 0. The van der Waals surface area contributed by atoms with Crippen LogP contribution in [0.1, 0.15) is 32.6 Å². The van der Waals surface area contributed by atoms with E-state index >= 15 is 0 Å². The van der Waals surface area contributed by atoms with Crippen LogP contribution in [-0.4, -0.2) is 65.9 Å². The lowest BCUT2D eigenvalue weighted by Gasteiger charge is -2.50. The van der Waals surface area contributed by atoms with Crippen LogP contribution < -0.4 is 0 Å². The molecule has 1 spiro atoms. The maximum absolute atomic E-state index is 13.7. The predicted molar refractivity (Wildman–Crippen MR) is 108 cm³/mol. The molecule has 3 saturated heterocycles. The maximum Gasteiger partial charge on any atom is 0.251 e. The van der Waals surface area contributed by atoms with Crippen LogP contribution >= 0.6 is 0 Å². The summed E-state index contributed by atoms with van der Waals surface area (Å²) in [5.74, 6) is -0.0140. The summed E-state index contributed by atoms with van der Waals surface area (Å²) in [4.78, 5) is 18.5. The Morgan fingerprint density at radius 3 is 2.52 bits per heavy atom. The van der Waals surface area contributed by atoms with Gasteiger partial charge in [0.2, 0.25) is 10.0 Å². The quantitative estimate of drug-likeness (QED) is 0.751. The van der Waals surface area contributed by atoms with Gasteiger partial charge in [-0.3, -0.25) is 9.78 Å². The van der Waals surface area contributed by atoms with Gasteiger partial charge < -0.3 is 9.64 Å². The number of morpholine rings is 1. The third-order valence-electron chi connectivity index (χ3n) is 6.60. The fourth-order valence-corrected chi connectivity index (χ4v) is 7.60. The molecule has 3 unspecified atom stereocenters. The van der Waals surface area contributed by atoms with Gasteiger partial charge in [-0.1, -0.05) is 18.2 Å². The molecule has 0 aliphatic carbocycles. The van der Waals surface area contributed by atoms with E-state index in [0.29, 0.717) is 24.9 Å². The average molecular weight is 416 g/mol. The summed E-state index contributed by atoms with van der Waals surface area (Å²) in [6, 6.07) is 8.76.